The van der Waals surface area contributed by atoms with Gasteiger partial charge in [0, 0.05) is 19.0 Å². The number of benzene rings is 1. The summed E-state index contributed by atoms with van der Waals surface area (Å²) in [5.74, 6) is 1.63. The summed E-state index contributed by atoms with van der Waals surface area (Å²) in [7, 11) is 3.43. The van der Waals surface area contributed by atoms with Gasteiger partial charge in [0.05, 0.1) is 22.0 Å². The second-order valence-electron chi connectivity index (χ2n) is 7.14. The summed E-state index contributed by atoms with van der Waals surface area (Å²) >= 11 is 2.97. The van der Waals surface area contributed by atoms with Gasteiger partial charge < -0.3 is 0 Å². The Hall–Kier alpha value is -2.98. The molecule has 5 rings (SSSR count). The van der Waals surface area contributed by atoms with Crippen LogP contribution in [-0.2, 0) is 19.8 Å². The topological polar surface area (TPSA) is 87.1 Å². The summed E-state index contributed by atoms with van der Waals surface area (Å²) in [5.41, 5.74) is 1.61. The third kappa shape index (κ3) is 2.63. The summed E-state index contributed by atoms with van der Waals surface area (Å²) in [6.45, 7) is 3.97. The van der Waals surface area contributed by atoms with Gasteiger partial charge in [0.1, 0.15) is 10.7 Å². The lowest BCUT2D eigenvalue weighted by atomic mass is 10.2. The summed E-state index contributed by atoms with van der Waals surface area (Å²) in [4.78, 5) is 32.0. The largest absolute Gasteiger partial charge is 0.290 e. The molecule has 0 saturated heterocycles. The second kappa shape index (κ2) is 6.78. The minimum Gasteiger partial charge on any atom is -0.290 e. The lowest BCUT2D eigenvalue weighted by molar-refractivity contribution is 0.727. The fourth-order valence-electron chi connectivity index (χ4n) is 3.60. The molecule has 0 amide bonds. The van der Waals surface area contributed by atoms with E-state index < -0.39 is 0 Å². The highest BCUT2D eigenvalue weighted by atomic mass is 32.2. The van der Waals surface area contributed by atoms with Gasteiger partial charge in [-0.1, -0.05) is 23.9 Å². The highest BCUT2D eigenvalue weighted by Crippen LogP contribution is 2.29. The van der Waals surface area contributed by atoms with Crippen molar-refractivity contribution in [3.63, 3.8) is 0 Å². The van der Waals surface area contributed by atoms with E-state index in [0.717, 1.165) is 20.8 Å². The molecule has 0 atom stereocenters. The zero-order chi connectivity index (χ0) is 21.2. The molecule has 0 spiro atoms. The normalized spacial score (nSPS) is 11.9. The van der Waals surface area contributed by atoms with Crippen LogP contribution in [0.4, 0.5) is 0 Å². The molecule has 0 saturated carbocycles. The van der Waals surface area contributed by atoms with E-state index in [1.165, 1.54) is 27.7 Å². The Morgan fingerprint density at radius 1 is 1.03 bits per heavy atom. The van der Waals surface area contributed by atoms with Crippen LogP contribution in [0, 0.1) is 13.8 Å². The van der Waals surface area contributed by atoms with Crippen LogP contribution in [-0.4, -0.2) is 28.7 Å². The number of para-hydroxylation sites is 1. The quantitative estimate of drug-likeness (QED) is 0.318. The predicted octanol–water partition coefficient (Wildman–Crippen LogP) is 2.80. The molecule has 152 valence electrons. The Kier molecular flexibility index (Phi) is 4.30. The summed E-state index contributed by atoms with van der Waals surface area (Å²) < 4.78 is 4.98. The molecular weight excluding hydrogens is 420 g/mol. The molecule has 0 radical (unpaired) electrons. The van der Waals surface area contributed by atoms with Gasteiger partial charge >= 0.3 is 0 Å². The van der Waals surface area contributed by atoms with E-state index in [-0.39, 0.29) is 11.1 Å². The molecule has 0 aliphatic carbocycles. The first-order valence-corrected chi connectivity index (χ1v) is 11.1. The fourth-order valence-corrected chi connectivity index (χ4v) is 5.55. The maximum Gasteiger partial charge on any atom is 0.262 e. The van der Waals surface area contributed by atoms with E-state index in [4.69, 9.17) is 4.98 Å². The molecule has 10 heteroatoms. The first-order valence-electron chi connectivity index (χ1n) is 9.29. The van der Waals surface area contributed by atoms with E-state index in [2.05, 4.69) is 10.2 Å². The molecule has 1 aromatic carbocycles. The van der Waals surface area contributed by atoms with Crippen LogP contribution in [0.5, 0.6) is 0 Å². The number of aromatic nitrogens is 6. The fraction of sp³-hybridized carbons (Fsp3) is 0.250. The lowest BCUT2D eigenvalue weighted by Crippen LogP contribution is -2.20. The molecule has 8 nitrogen and oxygen atoms in total. The average molecular weight is 439 g/mol. The summed E-state index contributed by atoms with van der Waals surface area (Å²) in [6.07, 6.45) is 0. The molecule has 4 aromatic heterocycles. The molecule has 5 aromatic rings. The van der Waals surface area contributed by atoms with Crippen LogP contribution in [0.1, 0.15) is 16.3 Å². The zero-order valence-corrected chi connectivity index (χ0v) is 18.5. The number of thiophene rings is 1. The molecule has 0 N–H and O–H groups in total. The van der Waals surface area contributed by atoms with Crippen LogP contribution < -0.4 is 11.1 Å². The van der Waals surface area contributed by atoms with Gasteiger partial charge in [-0.3, -0.25) is 23.1 Å². The van der Waals surface area contributed by atoms with E-state index in [0.29, 0.717) is 33.3 Å². The number of aryl methyl sites for hydroxylation is 3. The third-order valence-electron chi connectivity index (χ3n) is 5.39. The number of nitrogens with zero attached hydrogens (tertiary/aromatic N) is 6. The molecule has 0 aliphatic heterocycles. The maximum atomic E-state index is 12.9. The Bertz CT molecular complexity index is 1590. The molecule has 0 bridgehead atoms. The third-order valence-corrected chi connectivity index (χ3v) is 7.52. The van der Waals surface area contributed by atoms with Crippen molar-refractivity contribution in [2.45, 2.75) is 24.8 Å². The van der Waals surface area contributed by atoms with Crippen molar-refractivity contribution in [3.05, 3.63) is 61.2 Å². The number of hydrogen-bond acceptors (Lipinski definition) is 7. The van der Waals surface area contributed by atoms with Crippen molar-refractivity contribution in [1.82, 2.24) is 28.7 Å². The van der Waals surface area contributed by atoms with Crippen LogP contribution in [0.2, 0.25) is 0 Å². The first-order chi connectivity index (χ1) is 14.4. The van der Waals surface area contributed by atoms with Crippen LogP contribution in [0.3, 0.4) is 0 Å². The molecule has 4 heterocycles. The summed E-state index contributed by atoms with van der Waals surface area (Å²) in [6, 6.07) is 7.42. The van der Waals surface area contributed by atoms with E-state index in [1.807, 2.05) is 36.4 Å². The van der Waals surface area contributed by atoms with Crippen molar-refractivity contribution in [2.24, 2.45) is 14.1 Å². The van der Waals surface area contributed by atoms with Crippen molar-refractivity contribution in [3.8, 4) is 0 Å². The average Bonchev–Trinajstić information content (AvgIpc) is 3.29. The SMILES string of the molecule is Cc1sc2nc(SCc3nnc4n(C)c(=O)c5ccccc5n34)n(C)c(=O)c2c1C. The van der Waals surface area contributed by atoms with Gasteiger partial charge in [-0.05, 0) is 31.5 Å². The molecule has 0 fully saturated rings. The minimum atomic E-state index is -0.109. The lowest BCUT2D eigenvalue weighted by Gasteiger charge is -2.09. The maximum absolute atomic E-state index is 12.9. The Labute approximate surface area is 178 Å². The van der Waals surface area contributed by atoms with Gasteiger partial charge in [0.2, 0.25) is 5.78 Å². The molecular formula is C20H18N6O2S2. The smallest absolute Gasteiger partial charge is 0.262 e. The van der Waals surface area contributed by atoms with E-state index >= 15 is 0 Å². The highest BCUT2D eigenvalue weighted by molar-refractivity contribution is 7.98. The highest BCUT2D eigenvalue weighted by Gasteiger charge is 2.18. The monoisotopic (exact) mass is 438 g/mol. The second-order valence-corrected chi connectivity index (χ2v) is 9.29. The Balaban J connectivity index is 1.62. The standard InChI is InChI=1S/C20H18N6O2S2/c1-10-11(2)30-16-15(10)18(28)25(4)20(21-16)29-9-14-22-23-19-24(3)17(27)12-7-5-6-8-13(12)26(14)19/h5-8H,9H2,1-4H3. The van der Waals surface area contributed by atoms with Crippen molar-refractivity contribution in [1.29, 1.82) is 0 Å². The number of thioether (sulfide) groups is 1. The number of rotatable bonds is 3. The Morgan fingerprint density at radius 3 is 2.60 bits per heavy atom. The van der Waals surface area contributed by atoms with Crippen LogP contribution in [0.25, 0.3) is 26.9 Å². The first kappa shape index (κ1) is 19.0. The van der Waals surface area contributed by atoms with Crippen molar-refractivity contribution in [2.75, 3.05) is 0 Å². The molecule has 30 heavy (non-hydrogen) atoms. The van der Waals surface area contributed by atoms with Gasteiger partial charge in [-0.2, -0.15) is 0 Å². The van der Waals surface area contributed by atoms with Crippen LogP contribution >= 0.6 is 23.1 Å². The van der Waals surface area contributed by atoms with E-state index in [9.17, 15) is 9.59 Å². The molecule has 0 aliphatic rings. The zero-order valence-electron chi connectivity index (χ0n) is 16.8. The summed E-state index contributed by atoms with van der Waals surface area (Å²) in [5, 5.41) is 10.5. The van der Waals surface area contributed by atoms with Gasteiger partial charge in [-0.15, -0.1) is 21.5 Å². The minimum absolute atomic E-state index is 0.0386. The van der Waals surface area contributed by atoms with Crippen molar-refractivity contribution < 1.29 is 0 Å². The number of hydrogen-bond donors (Lipinski definition) is 0. The molecule has 0 unspecified atom stereocenters. The predicted molar refractivity (Wildman–Crippen MR) is 120 cm³/mol. The van der Waals surface area contributed by atoms with Gasteiger partial charge in [-0.25, -0.2) is 4.98 Å². The Morgan fingerprint density at radius 2 is 1.80 bits per heavy atom. The van der Waals surface area contributed by atoms with Crippen molar-refractivity contribution >= 4 is 50.0 Å². The van der Waals surface area contributed by atoms with Crippen LogP contribution in [0.15, 0.2) is 39.0 Å². The number of fused-ring (bicyclic) bond motifs is 4. The van der Waals surface area contributed by atoms with E-state index in [1.54, 1.807) is 24.7 Å². The van der Waals surface area contributed by atoms with Gasteiger partial charge in [0.15, 0.2) is 5.16 Å². The van der Waals surface area contributed by atoms with Gasteiger partial charge in [0.25, 0.3) is 11.1 Å².